The van der Waals surface area contributed by atoms with Gasteiger partial charge in [0, 0.05) is 10.5 Å². The molecule has 1 aromatic heterocycles. The van der Waals surface area contributed by atoms with E-state index in [1.807, 2.05) is 30.3 Å². The normalized spacial score (nSPS) is 10.3. The number of ether oxygens (including phenoxy) is 1. The van der Waals surface area contributed by atoms with Gasteiger partial charge in [0.2, 0.25) is 0 Å². The van der Waals surface area contributed by atoms with Crippen molar-refractivity contribution in [2.24, 2.45) is 0 Å². The Balaban J connectivity index is 1.66. The number of halogens is 1. The van der Waals surface area contributed by atoms with Crippen molar-refractivity contribution in [3.63, 3.8) is 0 Å². The molecule has 27 heavy (non-hydrogen) atoms. The molecular formula is C18H13BrN2O5S. The van der Waals surface area contributed by atoms with Crippen LogP contribution in [0.4, 0.5) is 11.4 Å². The summed E-state index contributed by atoms with van der Waals surface area (Å²) in [5, 5.41) is 12.8. The van der Waals surface area contributed by atoms with E-state index in [-0.39, 0.29) is 16.3 Å². The molecule has 9 heteroatoms. The van der Waals surface area contributed by atoms with Gasteiger partial charge in [0.15, 0.2) is 4.88 Å². The van der Waals surface area contributed by atoms with E-state index in [1.54, 1.807) is 17.5 Å². The highest BCUT2D eigenvalue weighted by Crippen LogP contribution is 2.30. The summed E-state index contributed by atoms with van der Waals surface area (Å²) in [6.07, 6.45) is 0. The quantitative estimate of drug-likeness (QED) is 0.395. The Labute approximate surface area is 166 Å². The summed E-state index contributed by atoms with van der Waals surface area (Å²) in [6.45, 7) is 0.309. The fourth-order valence-electron chi connectivity index (χ4n) is 2.19. The molecule has 1 heterocycles. The molecule has 2 aromatic carbocycles. The number of nitro benzene ring substituents is 1. The van der Waals surface area contributed by atoms with Crippen molar-refractivity contribution in [3.8, 4) is 5.75 Å². The average molecular weight is 449 g/mol. The Morgan fingerprint density at radius 2 is 1.96 bits per heavy atom. The molecule has 0 spiro atoms. The molecule has 0 aliphatic heterocycles. The van der Waals surface area contributed by atoms with Crippen LogP contribution in [0, 0.1) is 10.1 Å². The fourth-order valence-corrected chi connectivity index (χ4v) is 3.24. The molecule has 0 amide bonds. The van der Waals surface area contributed by atoms with Crippen LogP contribution in [0.2, 0.25) is 0 Å². The monoisotopic (exact) mass is 448 g/mol. The molecule has 0 aliphatic carbocycles. The number of hydrogen-bond acceptors (Lipinski definition) is 7. The van der Waals surface area contributed by atoms with E-state index < -0.39 is 10.9 Å². The lowest BCUT2D eigenvalue weighted by Gasteiger charge is -2.09. The van der Waals surface area contributed by atoms with Crippen molar-refractivity contribution in [2.75, 3.05) is 5.48 Å². The van der Waals surface area contributed by atoms with E-state index in [1.165, 1.54) is 12.1 Å². The number of rotatable bonds is 7. The minimum absolute atomic E-state index is 0.0693. The first-order valence-corrected chi connectivity index (χ1v) is 9.37. The summed E-state index contributed by atoms with van der Waals surface area (Å²) in [5.41, 5.74) is 3.17. The van der Waals surface area contributed by atoms with Crippen molar-refractivity contribution in [1.82, 2.24) is 0 Å². The van der Waals surface area contributed by atoms with Crippen LogP contribution in [0.25, 0.3) is 0 Å². The lowest BCUT2D eigenvalue weighted by molar-refractivity contribution is -0.384. The van der Waals surface area contributed by atoms with E-state index in [2.05, 4.69) is 21.4 Å². The molecular weight excluding hydrogens is 436 g/mol. The van der Waals surface area contributed by atoms with Crippen molar-refractivity contribution in [2.45, 2.75) is 6.61 Å². The van der Waals surface area contributed by atoms with Gasteiger partial charge in [-0.2, -0.15) is 0 Å². The molecule has 0 aliphatic rings. The maximum atomic E-state index is 12.3. The Morgan fingerprint density at radius 1 is 1.19 bits per heavy atom. The van der Waals surface area contributed by atoms with E-state index in [9.17, 15) is 14.9 Å². The van der Waals surface area contributed by atoms with Gasteiger partial charge in [0.05, 0.1) is 4.92 Å². The molecule has 1 N–H and O–H groups in total. The largest absolute Gasteiger partial charge is 0.487 e. The Bertz CT molecular complexity index is 961. The standard InChI is InChI=1S/C18H13BrN2O5S/c19-13-6-7-14(15(10-13)21(23)24)20-26-18(22)17-16(8-9-27-17)25-11-12-4-2-1-3-5-12/h1-10,20H,11H2. The maximum Gasteiger partial charge on any atom is 0.376 e. The number of hydrogen-bond donors (Lipinski definition) is 1. The number of anilines is 1. The number of nitrogens with one attached hydrogen (secondary N) is 1. The lowest BCUT2D eigenvalue weighted by Crippen LogP contribution is -2.11. The molecule has 138 valence electrons. The fraction of sp³-hybridized carbons (Fsp3) is 0.0556. The maximum absolute atomic E-state index is 12.3. The average Bonchev–Trinajstić information content (AvgIpc) is 3.14. The van der Waals surface area contributed by atoms with Gasteiger partial charge in [0.1, 0.15) is 18.0 Å². The third-order valence-corrected chi connectivity index (χ3v) is 4.83. The van der Waals surface area contributed by atoms with Crippen LogP contribution in [0.1, 0.15) is 15.2 Å². The molecule has 0 atom stereocenters. The highest BCUT2D eigenvalue weighted by Gasteiger charge is 2.20. The van der Waals surface area contributed by atoms with Crippen LogP contribution in [-0.2, 0) is 11.4 Å². The van der Waals surface area contributed by atoms with Gasteiger partial charge >= 0.3 is 5.97 Å². The van der Waals surface area contributed by atoms with E-state index in [4.69, 9.17) is 9.57 Å². The summed E-state index contributed by atoms with van der Waals surface area (Å²) in [7, 11) is 0. The zero-order valence-electron chi connectivity index (χ0n) is 13.8. The van der Waals surface area contributed by atoms with Gasteiger partial charge < -0.3 is 9.57 Å². The predicted octanol–water partition coefficient (Wildman–Crippen LogP) is 5.18. The highest BCUT2D eigenvalue weighted by molar-refractivity contribution is 9.10. The van der Waals surface area contributed by atoms with Gasteiger partial charge in [0.25, 0.3) is 5.69 Å². The topological polar surface area (TPSA) is 90.7 Å². The molecule has 0 unspecified atom stereocenters. The van der Waals surface area contributed by atoms with Crippen LogP contribution < -0.4 is 10.2 Å². The van der Waals surface area contributed by atoms with Crippen LogP contribution in [-0.4, -0.2) is 10.9 Å². The minimum atomic E-state index is -0.690. The van der Waals surface area contributed by atoms with Gasteiger partial charge in [-0.15, -0.1) is 11.3 Å². The van der Waals surface area contributed by atoms with Gasteiger partial charge in [-0.1, -0.05) is 46.3 Å². The van der Waals surface area contributed by atoms with E-state index in [0.29, 0.717) is 16.8 Å². The summed E-state index contributed by atoms with van der Waals surface area (Å²) >= 11 is 4.33. The van der Waals surface area contributed by atoms with E-state index >= 15 is 0 Å². The third kappa shape index (κ3) is 4.83. The summed E-state index contributed by atoms with van der Waals surface area (Å²) < 4.78 is 6.22. The Kier molecular flexibility index (Phi) is 6.05. The zero-order chi connectivity index (χ0) is 19.2. The number of benzene rings is 2. The van der Waals surface area contributed by atoms with Crippen LogP contribution in [0.15, 0.2) is 64.5 Å². The van der Waals surface area contributed by atoms with Crippen molar-refractivity contribution >= 4 is 44.6 Å². The van der Waals surface area contributed by atoms with Crippen molar-refractivity contribution < 1.29 is 19.3 Å². The number of nitrogens with zero attached hydrogens (tertiary/aromatic N) is 1. The second kappa shape index (κ2) is 8.65. The van der Waals surface area contributed by atoms with E-state index in [0.717, 1.165) is 16.9 Å². The SMILES string of the molecule is O=C(ONc1ccc(Br)cc1[N+](=O)[O-])c1sccc1OCc1ccccc1. The molecule has 0 saturated heterocycles. The van der Waals surface area contributed by atoms with Crippen molar-refractivity contribution in [1.29, 1.82) is 0 Å². The second-order valence-electron chi connectivity index (χ2n) is 5.30. The third-order valence-electron chi connectivity index (χ3n) is 3.46. The molecule has 0 saturated carbocycles. The molecule has 0 bridgehead atoms. The lowest BCUT2D eigenvalue weighted by atomic mass is 10.2. The predicted molar refractivity (Wildman–Crippen MR) is 105 cm³/mol. The van der Waals surface area contributed by atoms with Gasteiger partial charge in [-0.3, -0.25) is 10.1 Å². The molecule has 3 rings (SSSR count). The summed E-state index contributed by atoms with van der Waals surface area (Å²) in [6, 6.07) is 15.6. The van der Waals surface area contributed by atoms with Crippen molar-refractivity contribution in [3.05, 3.63) is 85.0 Å². The molecule has 3 aromatic rings. The minimum Gasteiger partial charge on any atom is -0.487 e. The van der Waals surface area contributed by atoms with Gasteiger partial charge in [-0.25, -0.2) is 10.3 Å². The molecule has 7 nitrogen and oxygen atoms in total. The number of carbonyl (C=O) groups excluding carboxylic acids is 1. The molecule has 0 radical (unpaired) electrons. The first-order valence-electron chi connectivity index (χ1n) is 7.70. The highest BCUT2D eigenvalue weighted by atomic mass is 79.9. The number of thiophene rings is 1. The first-order chi connectivity index (χ1) is 13.0. The summed E-state index contributed by atoms with van der Waals surface area (Å²) in [4.78, 5) is 28.1. The smallest absolute Gasteiger partial charge is 0.376 e. The van der Waals surface area contributed by atoms with Gasteiger partial charge in [-0.05, 0) is 29.1 Å². The Morgan fingerprint density at radius 3 is 2.70 bits per heavy atom. The van der Waals surface area contributed by atoms with Crippen LogP contribution in [0.5, 0.6) is 5.75 Å². The second-order valence-corrected chi connectivity index (χ2v) is 7.13. The first kappa shape index (κ1) is 18.9. The zero-order valence-corrected chi connectivity index (χ0v) is 16.2. The molecule has 0 fully saturated rings. The number of nitro groups is 1. The Hall–Kier alpha value is -2.91. The summed E-state index contributed by atoms with van der Waals surface area (Å²) in [5.74, 6) is -0.300. The number of carbonyl (C=O) groups is 1. The van der Waals surface area contributed by atoms with Crippen LogP contribution >= 0.6 is 27.3 Å². The van der Waals surface area contributed by atoms with Crippen LogP contribution in [0.3, 0.4) is 0 Å².